The van der Waals surface area contributed by atoms with E-state index < -0.39 is 6.04 Å². The monoisotopic (exact) mass is 349 g/mol. The number of aromatic amines is 1. The number of pyridine rings is 1. The third-order valence-corrected chi connectivity index (χ3v) is 3.82. The zero-order chi connectivity index (χ0) is 18.2. The number of nitrogens with one attached hydrogen (secondary N) is 3. The number of aromatic nitrogens is 3. The van der Waals surface area contributed by atoms with Crippen LogP contribution >= 0.6 is 0 Å². The van der Waals surface area contributed by atoms with Crippen LogP contribution in [0.1, 0.15) is 23.6 Å². The van der Waals surface area contributed by atoms with Crippen molar-refractivity contribution in [1.82, 2.24) is 20.5 Å². The molecule has 132 valence electrons. The van der Waals surface area contributed by atoms with Crippen LogP contribution in [0, 0.1) is 0 Å². The molecular weight excluding hydrogens is 330 g/mol. The summed E-state index contributed by atoms with van der Waals surface area (Å²) in [5, 5.41) is 12.0. The highest BCUT2D eigenvalue weighted by Crippen LogP contribution is 2.15. The second kappa shape index (κ2) is 8.57. The van der Waals surface area contributed by atoms with Crippen LogP contribution in [0.2, 0.25) is 0 Å². The summed E-state index contributed by atoms with van der Waals surface area (Å²) in [4.78, 5) is 29.0. The molecule has 1 aromatic carbocycles. The van der Waals surface area contributed by atoms with Crippen LogP contribution < -0.4 is 10.6 Å². The fourth-order valence-corrected chi connectivity index (χ4v) is 2.51. The van der Waals surface area contributed by atoms with Crippen molar-refractivity contribution in [3.8, 4) is 0 Å². The molecule has 2 amide bonds. The fourth-order valence-electron chi connectivity index (χ4n) is 2.51. The second-order valence-electron chi connectivity index (χ2n) is 5.73. The SMILES string of the molecule is O=C(CCc1cccnc1)NC(C(=O)Nc1ccn[nH]1)c1ccccc1. The quantitative estimate of drug-likeness (QED) is 0.609. The van der Waals surface area contributed by atoms with Crippen molar-refractivity contribution in [2.45, 2.75) is 18.9 Å². The van der Waals surface area contributed by atoms with Crippen molar-refractivity contribution in [2.24, 2.45) is 0 Å². The van der Waals surface area contributed by atoms with Gasteiger partial charge in [-0.25, -0.2) is 0 Å². The van der Waals surface area contributed by atoms with Gasteiger partial charge >= 0.3 is 0 Å². The van der Waals surface area contributed by atoms with Gasteiger partial charge in [0.05, 0.1) is 6.20 Å². The average molecular weight is 349 g/mol. The second-order valence-corrected chi connectivity index (χ2v) is 5.73. The van der Waals surface area contributed by atoms with E-state index in [0.29, 0.717) is 17.8 Å². The van der Waals surface area contributed by atoms with Crippen molar-refractivity contribution in [1.29, 1.82) is 0 Å². The normalized spacial score (nSPS) is 11.5. The lowest BCUT2D eigenvalue weighted by Crippen LogP contribution is -2.37. The van der Waals surface area contributed by atoms with Crippen LogP contribution in [0.3, 0.4) is 0 Å². The molecule has 0 aliphatic heterocycles. The van der Waals surface area contributed by atoms with E-state index in [1.54, 1.807) is 36.8 Å². The minimum atomic E-state index is -0.791. The zero-order valence-electron chi connectivity index (χ0n) is 14.1. The maximum absolute atomic E-state index is 12.6. The number of nitrogens with zero attached hydrogens (tertiary/aromatic N) is 2. The van der Waals surface area contributed by atoms with E-state index >= 15 is 0 Å². The van der Waals surface area contributed by atoms with Gasteiger partial charge in [-0.15, -0.1) is 0 Å². The van der Waals surface area contributed by atoms with Gasteiger partial charge in [-0.1, -0.05) is 36.4 Å². The number of hydrogen-bond acceptors (Lipinski definition) is 4. The number of aryl methyl sites for hydroxylation is 1. The summed E-state index contributed by atoms with van der Waals surface area (Å²) in [6.07, 6.45) is 5.79. The minimum Gasteiger partial charge on any atom is -0.341 e. The summed E-state index contributed by atoms with van der Waals surface area (Å²) < 4.78 is 0. The van der Waals surface area contributed by atoms with Crippen LogP contribution in [-0.2, 0) is 16.0 Å². The van der Waals surface area contributed by atoms with Gasteiger partial charge < -0.3 is 10.6 Å². The van der Waals surface area contributed by atoms with Gasteiger partial charge in [0.2, 0.25) is 5.91 Å². The molecule has 1 atom stereocenters. The Morgan fingerprint density at radius 2 is 1.88 bits per heavy atom. The number of anilines is 1. The van der Waals surface area contributed by atoms with E-state index in [-0.39, 0.29) is 18.2 Å². The van der Waals surface area contributed by atoms with E-state index in [1.807, 2.05) is 30.3 Å². The molecule has 0 spiro atoms. The molecule has 0 saturated carbocycles. The first-order valence-electron chi connectivity index (χ1n) is 8.26. The van der Waals surface area contributed by atoms with Crippen molar-refractivity contribution >= 4 is 17.6 Å². The predicted octanol–water partition coefficient (Wildman–Crippen LogP) is 2.23. The average Bonchev–Trinajstić information content (AvgIpc) is 3.19. The Labute approximate surface area is 150 Å². The number of amides is 2. The summed E-state index contributed by atoms with van der Waals surface area (Å²) in [5.41, 5.74) is 1.68. The van der Waals surface area contributed by atoms with Crippen LogP contribution in [0.15, 0.2) is 67.1 Å². The minimum absolute atomic E-state index is 0.206. The fraction of sp³-hybridized carbons (Fsp3) is 0.158. The van der Waals surface area contributed by atoms with Crippen molar-refractivity contribution in [3.63, 3.8) is 0 Å². The molecule has 0 aliphatic rings. The molecule has 7 heteroatoms. The Morgan fingerprint density at radius 1 is 1.04 bits per heavy atom. The van der Waals surface area contributed by atoms with Gasteiger partial charge in [0, 0.05) is 24.9 Å². The third kappa shape index (κ3) is 4.76. The number of hydrogen-bond donors (Lipinski definition) is 3. The first kappa shape index (κ1) is 17.3. The van der Waals surface area contributed by atoms with Gasteiger partial charge in [-0.2, -0.15) is 5.10 Å². The molecule has 1 unspecified atom stereocenters. The molecule has 3 aromatic rings. The van der Waals surface area contributed by atoms with Gasteiger partial charge in [-0.3, -0.25) is 19.7 Å². The van der Waals surface area contributed by atoms with Crippen LogP contribution in [0.4, 0.5) is 5.82 Å². The number of carbonyl (C=O) groups excluding carboxylic acids is 2. The molecule has 26 heavy (non-hydrogen) atoms. The number of benzene rings is 1. The number of H-pyrrole nitrogens is 1. The Balaban J connectivity index is 1.67. The smallest absolute Gasteiger partial charge is 0.252 e. The Bertz CT molecular complexity index is 835. The summed E-state index contributed by atoms with van der Waals surface area (Å²) in [6.45, 7) is 0. The Kier molecular flexibility index (Phi) is 5.72. The van der Waals surface area contributed by atoms with Gasteiger partial charge in [0.15, 0.2) is 0 Å². The molecule has 0 radical (unpaired) electrons. The molecule has 3 rings (SSSR count). The summed E-state index contributed by atoms with van der Waals surface area (Å²) >= 11 is 0. The highest BCUT2D eigenvalue weighted by atomic mass is 16.2. The highest BCUT2D eigenvalue weighted by Gasteiger charge is 2.23. The summed E-state index contributed by atoms with van der Waals surface area (Å²) in [7, 11) is 0. The maximum Gasteiger partial charge on any atom is 0.252 e. The lowest BCUT2D eigenvalue weighted by atomic mass is 10.1. The van der Waals surface area contributed by atoms with E-state index in [0.717, 1.165) is 5.56 Å². The van der Waals surface area contributed by atoms with E-state index in [4.69, 9.17) is 0 Å². The largest absolute Gasteiger partial charge is 0.341 e. The molecule has 7 nitrogen and oxygen atoms in total. The van der Waals surface area contributed by atoms with Crippen molar-refractivity contribution in [3.05, 3.63) is 78.2 Å². The van der Waals surface area contributed by atoms with Crippen LogP contribution in [0.25, 0.3) is 0 Å². The molecule has 0 aliphatic carbocycles. The lowest BCUT2D eigenvalue weighted by molar-refractivity contribution is -0.126. The topological polar surface area (TPSA) is 99.8 Å². The molecule has 0 saturated heterocycles. The first-order valence-corrected chi connectivity index (χ1v) is 8.26. The zero-order valence-corrected chi connectivity index (χ0v) is 14.1. The maximum atomic E-state index is 12.6. The molecular formula is C19H19N5O2. The summed E-state index contributed by atoms with van der Waals surface area (Å²) in [6, 6.07) is 13.7. The van der Waals surface area contributed by atoms with Crippen LogP contribution in [0.5, 0.6) is 0 Å². The third-order valence-electron chi connectivity index (χ3n) is 3.82. The number of carbonyl (C=O) groups is 2. The number of rotatable bonds is 7. The first-order chi connectivity index (χ1) is 12.7. The van der Waals surface area contributed by atoms with Gasteiger partial charge in [0.25, 0.3) is 5.91 Å². The molecule has 2 heterocycles. The van der Waals surface area contributed by atoms with Gasteiger partial charge in [-0.05, 0) is 23.6 Å². The standard InChI is InChI=1S/C19H19N5O2/c25-17(9-8-14-5-4-11-20-13-14)23-18(15-6-2-1-3-7-15)19(26)22-16-10-12-21-24-16/h1-7,10-13,18H,8-9H2,(H,23,25)(H2,21,22,24,26). The van der Waals surface area contributed by atoms with Crippen molar-refractivity contribution < 1.29 is 9.59 Å². The summed E-state index contributed by atoms with van der Waals surface area (Å²) in [5.74, 6) is -0.0711. The molecule has 0 fully saturated rings. The molecule has 2 aromatic heterocycles. The highest BCUT2D eigenvalue weighted by molar-refractivity contribution is 5.97. The van der Waals surface area contributed by atoms with Crippen molar-refractivity contribution in [2.75, 3.05) is 5.32 Å². The van der Waals surface area contributed by atoms with Gasteiger partial charge in [0.1, 0.15) is 11.9 Å². The van der Waals surface area contributed by atoms with E-state index in [9.17, 15) is 9.59 Å². The van der Waals surface area contributed by atoms with Crippen LogP contribution in [-0.4, -0.2) is 27.0 Å². The Hall–Kier alpha value is -3.48. The molecule has 0 bridgehead atoms. The predicted molar refractivity (Wildman–Crippen MR) is 97.1 cm³/mol. The van der Waals surface area contributed by atoms with E-state index in [2.05, 4.69) is 25.8 Å². The molecule has 3 N–H and O–H groups in total. The Morgan fingerprint density at radius 3 is 2.58 bits per heavy atom. The lowest BCUT2D eigenvalue weighted by Gasteiger charge is -2.18. The van der Waals surface area contributed by atoms with E-state index in [1.165, 1.54) is 0 Å².